The number of nitrogens with one attached hydrogen (secondary N) is 1. The Bertz CT molecular complexity index is 419. The van der Waals surface area contributed by atoms with Crippen LogP contribution in [0.4, 0.5) is 5.69 Å². The zero-order chi connectivity index (χ0) is 13.0. The van der Waals surface area contributed by atoms with Gasteiger partial charge in [0.1, 0.15) is 0 Å². The van der Waals surface area contributed by atoms with Crippen LogP contribution >= 0.6 is 0 Å². The van der Waals surface area contributed by atoms with Crippen molar-refractivity contribution in [3.63, 3.8) is 0 Å². The van der Waals surface area contributed by atoms with E-state index in [0.29, 0.717) is 12.5 Å². The fraction of sp³-hybridized carbons (Fsp3) is 0.571. The van der Waals surface area contributed by atoms with Crippen LogP contribution in [0.2, 0.25) is 0 Å². The van der Waals surface area contributed by atoms with Crippen LogP contribution in [0.25, 0.3) is 0 Å². The SMILES string of the molecule is Cc1cc(NC(=O)C2CCCCC2CN)ccn1. The first-order valence-corrected chi connectivity index (χ1v) is 6.64. The summed E-state index contributed by atoms with van der Waals surface area (Å²) in [5.74, 6) is 0.509. The second-order valence-electron chi connectivity index (χ2n) is 5.06. The third kappa shape index (κ3) is 3.07. The predicted octanol–water partition coefficient (Wildman–Crippen LogP) is 2.09. The second kappa shape index (κ2) is 5.96. The van der Waals surface area contributed by atoms with Crippen LogP contribution in [0.5, 0.6) is 0 Å². The van der Waals surface area contributed by atoms with Crippen molar-refractivity contribution >= 4 is 11.6 Å². The molecule has 0 radical (unpaired) electrons. The molecule has 1 amide bonds. The van der Waals surface area contributed by atoms with Crippen molar-refractivity contribution in [3.8, 4) is 0 Å². The Hall–Kier alpha value is -1.42. The number of hydrogen-bond acceptors (Lipinski definition) is 3. The van der Waals surface area contributed by atoms with Crippen LogP contribution in [-0.4, -0.2) is 17.4 Å². The summed E-state index contributed by atoms with van der Waals surface area (Å²) in [4.78, 5) is 16.4. The van der Waals surface area contributed by atoms with Gasteiger partial charge in [-0.05, 0) is 44.4 Å². The number of pyridine rings is 1. The molecule has 18 heavy (non-hydrogen) atoms. The first-order valence-electron chi connectivity index (χ1n) is 6.64. The van der Waals surface area contributed by atoms with Crippen molar-refractivity contribution < 1.29 is 4.79 Å². The zero-order valence-corrected chi connectivity index (χ0v) is 10.9. The Morgan fingerprint density at radius 1 is 1.50 bits per heavy atom. The van der Waals surface area contributed by atoms with Crippen LogP contribution in [0.3, 0.4) is 0 Å². The number of anilines is 1. The molecule has 1 aliphatic rings. The highest BCUT2D eigenvalue weighted by Gasteiger charge is 2.29. The van der Waals surface area contributed by atoms with Gasteiger partial charge in [0.05, 0.1) is 0 Å². The van der Waals surface area contributed by atoms with Crippen LogP contribution in [0.15, 0.2) is 18.3 Å². The van der Waals surface area contributed by atoms with E-state index in [9.17, 15) is 4.79 Å². The van der Waals surface area contributed by atoms with Gasteiger partial charge in [0.15, 0.2) is 0 Å². The van der Waals surface area contributed by atoms with E-state index in [1.807, 2.05) is 19.1 Å². The Kier molecular flexibility index (Phi) is 4.31. The average molecular weight is 247 g/mol. The molecule has 1 saturated carbocycles. The molecule has 98 valence electrons. The van der Waals surface area contributed by atoms with Crippen molar-refractivity contribution in [3.05, 3.63) is 24.0 Å². The predicted molar refractivity (Wildman–Crippen MR) is 72.1 cm³/mol. The van der Waals surface area contributed by atoms with Crippen LogP contribution in [0.1, 0.15) is 31.4 Å². The van der Waals surface area contributed by atoms with Gasteiger partial charge in [-0.3, -0.25) is 9.78 Å². The van der Waals surface area contributed by atoms with Gasteiger partial charge in [-0.25, -0.2) is 0 Å². The molecule has 1 heterocycles. The van der Waals surface area contributed by atoms with Gasteiger partial charge in [-0.15, -0.1) is 0 Å². The third-order valence-electron chi connectivity index (χ3n) is 3.71. The van der Waals surface area contributed by atoms with E-state index in [2.05, 4.69) is 10.3 Å². The van der Waals surface area contributed by atoms with Gasteiger partial charge < -0.3 is 11.1 Å². The summed E-state index contributed by atoms with van der Waals surface area (Å²) in [6, 6.07) is 3.71. The van der Waals surface area contributed by atoms with Crippen LogP contribution < -0.4 is 11.1 Å². The first-order chi connectivity index (χ1) is 8.70. The number of carbonyl (C=O) groups excluding carboxylic acids is 1. The molecule has 0 aromatic carbocycles. The number of nitrogens with two attached hydrogens (primary N) is 1. The molecule has 2 atom stereocenters. The first kappa shape index (κ1) is 13.0. The van der Waals surface area contributed by atoms with Gasteiger partial charge in [0.25, 0.3) is 0 Å². The Balaban J connectivity index is 2.02. The lowest BCUT2D eigenvalue weighted by molar-refractivity contribution is -0.122. The maximum atomic E-state index is 12.3. The highest BCUT2D eigenvalue weighted by molar-refractivity contribution is 5.92. The number of nitrogens with zero attached hydrogens (tertiary/aromatic N) is 1. The number of carbonyl (C=O) groups is 1. The number of hydrogen-bond donors (Lipinski definition) is 2. The standard InChI is InChI=1S/C14H21N3O/c1-10-8-12(6-7-16-10)17-14(18)13-5-3-2-4-11(13)9-15/h6-8,11,13H,2-5,9,15H2,1H3,(H,16,17,18). The minimum atomic E-state index is 0.0669. The zero-order valence-electron chi connectivity index (χ0n) is 10.9. The number of rotatable bonds is 3. The van der Waals surface area contributed by atoms with Gasteiger partial charge >= 0.3 is 0 Å². The molecule has 2 rings (SSSR count). The molecule has 0 saturated heterocycles. The molecular formula is C14H21N3O. The topological polar surface area (TPSA) is 68.0 Å². The Morgan fingerprint density at radius 3 is 3.00 bits per heavy atom. The van der Waals surface area contributed by atoms with E-state index in [1.54, 1.807) is 6.20 Å². The number of aryl methyl sites for hydroxylation is 1. The van der Waals surface area contributed by atoms with Gasteiger partial charge in [0.2, 0.25) is 5.91 Å². The van der Waals surface area contributed by atoms with Crippen molar-refractivity contribution in [2.75, 3.05) is 11.9 Å². The molecular weight excluding hydrogens is 226 g/mol. The third-order valence-corrected chi connectivity index (χ3v) is 3.71. The molecule has 4 heteroatoms. The smallest absolute Gasteiger partial charge is 0.227 e. The van der Waals surface area contributed by atoms with Gasteiger partial charge in [-0.2, -0.15) is 0 Å². The number of aromatic nitrogens is 1. The molecule has 1 aromatic rings. The fourth-order valence-corrected chi connectivity index (χ4v) is 2.69. The highest BCUT2D eigenvalue weighted by atomic mass is 16.1. The summed E-state index contributed by atoms with van der Waals surface area (Å²) < 4.78 is 0. The minimum absolute atomic E-state index is 0.0669. The molecule has 4 nitrogen and oxygen atoms in total. The monoisotopic (exact) mass is 247 g/mol. The molecule has 0 spiro atoms. The molecule has 3 N–H and O–H groups in total. The fourth-order valence-electron chi connectivity index (χ4n) is 2.69. The second-order valence-corrected chi connectivity index (χ2v) is 5.06. The van der Waals surface area contributed by atoms with E-state index in [-0.39, 0.29) is 11.8 Å². The molecule has 1 aromatic heterocycles. The number of amides is 1. The maximum absolute atomic E-state index is 12.3. The summed E-state index contributed by atoms with van der Waals surface area (Å²) in [6.07, 6.45) is 6.07. The molecule has 2 unspecified atom stereocenters. The lowest BCUT2D eigenvalue weighted by Crippen LogP contribution is -2.35. The summed E-state index contributed by atoms with van der Waals surface area (Å²) in [5.41, 5.74) is 7.50. The van der Waals surface area contributed by atoms with E-state index in [0.717, 1.165) is 30.6 Å². The lowest BCUT2D eigenvalue weighted by atomic mass is 9.78. The molecule has 0 aliphatic heterocycles. The lowest BCUT2D eigenvalue weighted by Gasteiger charge is -2.29. The molecule has 1 fully saturated rings. The Morgan fingerprint density at radius 2 is 2.28 bits per heavy atom. The minimum Gasteiger partial charge on any atom is -0.330 e. The quantitative estimate of drug-likeness (QED) is 0.859. The summed E-state index contributed by atoms with van der Waals surface area (Å²) >= 11 is 0. The Labute approximate surface area is 108 Å². The molecule has 0 bridgehead atoms. The van der Waals surface area contributed by atoms with E-state index in [4.69, 9.17) is 5.73 Å². The summed E-state index contributed by atoms with van der Waals surface area (Å²) in [6.45, 7) is 2.52. The van der Waals surface area contributed by atoms with E-state index in [1.165, 1.54) is 6.42 Å². The normalized spacial score (nSPS) is 23.7. The largest absolute Gasteiger partial charge is 0.330 e. The van der Waals surface area contributed by atoms with Crippen molar-refractivity contribution in [1.82, 2.24) is 4.98 Å². The summed E-state index contributed by atoms with van der Waals surface area (Å²) in [7, 11) is 0. The van der Waals surface area contributed by atoms with E-state index >= 15 is 0 Å². The van der Waals surface area contributed by atoms with Crippen molar-refractivity contribution in [2.45, 2.75) is 32.6 Å². The van der Waals surface area contributed by atoms with Crippen LogP contribution in [0, 0.1) is 18.8 Å². The van der Waals surface area contributed by atoms with Crippen molar-refractivity contribution in [1.29, 1.82) is 0 Å². The van der Waals surface area contributed by atoms with Crippen molar-refractivity contribution in [2.24, 2.45) is 17.6 Å². The average Bonchev–Trinajstić information content (AvgIpc) is 2.38. The van der Waals surface area contributed by atoms with Gasteiger partial charge in [-0.1, -0.05) is 12.8 Å². The van der Waals surface area contributed by atoms with E-state index < -0.39 is 0 Å². The van der Waals surface area contributed by atoms with Gasteiger partial charge in [0, 0.05) is 23.5 Å². The van der Waals surface area contributed by atoms with Crippen LogP contribution in [-0.2, 0) is 4.79 Å². The summed E-state index contributed by atoms with van der Waals surface area (Å²) in [5, 5.41) is 2.98. The highest BCUT2D eigenvalue weighted by Crippen LogP contribution is 2.30. The molecule has 1 aliphatic carbocycles. The maximum Gasteiger partial charge on any atom is 0.227 e.